The van der Waals surface area contributed by atoms with E-state index in [0.29, 0.717) is 6.67 Å². The molecule has 0 radical (unpaired) electrons. The Bertz CT molecular complexity index is 376. The second kappa shape index (κ2) is 6.61. The zero-order valence-corrected chi connectivity index (χ0v) is 13.7. The second-order valence-corrected chi connectivity index (χ2v) is 9.85. The fraction of sp³-hybridized carbons (Fsp3) is 0.300. The molecule has 0 atom stereocenters. The molecule has 1 aromatic rings. The number of amides is 1. The lowest BCUT2D eigenvalue weighted by atomic mass is 10.3. The van der Waals surface area contributed by atoms with E-state index in [9.17, 15) is 4.79 Å². The van der Waals surface area contributed by atoms with Crippen LogP contribution in [0.5, 0.6) is 5.75 Å². The zero-order valence-electron chi connectivity index (χ0n) is 8.97. The van der Waals surface area contributed by atoms with Gasteiger partial charge < -0.3 is 15.4 Å². The summed E-state index contributed by atoms with van der Waals surface area (Å²) in [5.41, 5.74) is 0.899. The van der Waals surface area contributed by atoms with Crippen LogP contribution in [0.4, 0.5) is 5.69 Å². The summed E-state index contributed by atoms with van der Waals surface area (Å²) in [6.07, 6.45) is 0. The normalized spacial score (nSPS) is 10.8. The lowest BCUT2D eigenvalue weighted by molar-refractivity contribution is -0.119. The van der Waals surface area contributed by atoms with E-state index < -0.39 is 2.14 Å². The lowest BCUT2D eigenvalue weighted by Gasteiger charge is -2.13. The number of rotatable bonds is 4. The molecule has 0 saturated carbocycles. The van der Waals surface area contributed by atoms with Crippen molar-refractivity contribution in [3.63, 3.8) is 0 Å². The number of halogens is 3. The maximum atomic E-state index is 11.4. The highest BCUT2D eigenvalue weighted by atomic mass is 80.0. The molecular formula is C10H11Br3N2O2. The Morgan fingerprint density at radius 1 is 1.29 bits per heavy atom. The molecule has 0 aliphatic rings. The fourth-order valence-corrected chi connectivity index (χ4v) is 1.46. The minimum absolute atomic E-state index is 0.224. The van der Waals surface area contributed by atoms with Gasteiger partial charge >= 0.3 is 0 Å². The third kappa shape index (κ3) is 5.27. The summed E-state index contributed by atoms with van der Waals surface area (Å²) in [5.74, 6) is 0.568. The van der Waals surface area contributed by atoms with E-state index in [1.54, 1.807) is 7.11 Å². The third-order valence-corrected chi connectivity index (χ3v) is 2.97. The van der Waals surface area contributed by atoms with Crippen molar-refractivity contribution in [2.45, 2.75) is 2.14 Å². The number of hydrogen-bond acceptors (Lipinski definition) is 3. The van der Waals surface area contributed by atoms with Crippen LogP contribution in [0.1, 0.15) is 0 Å². The quantitative estimate of drug-likeness (QED) is 0.570. The molecule has 1 amide bonds. The summed E-state index contributed by atoms with van der Waals surface area (Å²) in [5, 5.41) is 5.73. The SMILES string of the molecule is COc1ccc(NCNC(=O)C(Br)(Br)Br)cc1. The first-order chi connectivity index (χ1) is 7.93. The lowest BCUT2D eigenvalue weighted by Crippen LogP contribution is -2.36. The summed E-state index contributed by atoms with van der Waals surface area (Å²) < 4.78 is 4.12. The Hall–Kier alpha value is -0.270. The van der Waals surface area contributed by atoms with Crippen molar-refractivity contribution < 1.29 is 9.53 Å². The molecule has 0 unspecified atom stereocenters. The van der Waals surface area contributed by atoms with Crippen LogP contribution in [-0.2, 0) is 4.79 Å². The maximum absolute atomic E-state index is 11.4. The van der Waals surface area contributed by atoms with Crippen LogP contribution < -0.4 is 15.4 Å². The molecule has 0 aromatic heterocycles. The Balaban J connectivity index is 2.38. The molecule has 7 heteroatoms. The molecule has 2 N–H and O–H groups in total. The standard InChI is InChI=1S/C10H11Br3N2O2/c1-17-8-4-2-7(3-5-8)14-6-15-9(16)10(11,12)13/h2-5,14H,6H2,1H3,(H,15,16). The van der Waals surface area contributed by atoms with Gasteiger partial charge in [-0.05, 0) is 72.1 Å². The van der Waals surface area contributed by atoms with Crippen molar-refractivity contribution in [2.75, 3.05) is 19.1 Å². The van der Waals surface area contributed by atoms with Crippen molar-refractivity contribution in [3.8, 4) is 5.75 Å². The Kier molecular flexibility index (Phi) is 5.75. The van der Waals surface area contributed by atoms with E-state index in [1.165, 1.54) is 0 Å². The first-order valence-corrected chi connectivity index (χ1v) is 7.04. The van der Waals surface area contributed by atoms with Crippen molar-refractivity contribution in [2.24, 2.45) is 0 Å². The molecule has 0 saturated heterocycles. The van der Waals surface area contributed by atoms with Gasteiger partial charge in [-0.2, -0.15) is 0 Å². The molecule has 0 aliphatic heterocycles. The minimum Gasteiger partial charge on any atom is -0.497 e. The van der Waals surface area contributed by atoms with E-state index in [-0.39, 0.29) is 5.91 Å². The molecule has 1 rings (SSSR count). The first kappa shape index (κ1) is 14.8. The number of hydrogen-bond donors (Lipinski definition) is 2. The number of methoxy groups -OCH3 is 1. The maximum Gasteiger partial charge on any atom is 0.260 e. The van der Waals surface area contributed by atoms with E-state index in [1.807, 2.05) is 24.3 Å². The van der Waals surface area contributed by atoms with Gasteiger partial charge in [0, 0.05) is 5.69 Å². The number of carbonyl (C=O) groups is 1. The summed E-state index contributed by atoms with van der Waals surface area (Å²) >= 11 is 9.38. The van der Waals surface area contributed by atoms with Gasteiger partial charge in [-0.1, -0.05) is 0 Å². The molecule has 0 heterocycles. The summed E-state index contributed by atoms with van der Waals surface area (Å²) in [7, 11) is 1.62. The van der Waals surface area contributed by atoms with Gasteiger partial charge in [0.05, 0.1) is 13.8 Å². The number of alkyl halides is 3. The fourth-order valence-electron chi connectivity index (χ4n) is 1.04. The Morgan fingerprint density at radius 3 is 2.35 bits per heavy atom. The van der Waals surface area contributed by atoms with Crippen molar-refractivity contribution in [3.05, 3.63) is 24.3 Å². The van der Waals surface area contributed by atoms with Gasteiger partial charge in [0.1, 0.15) is 5.75 Å². The average Bonchev–Trinajstić information content (AvgIpc) is 2.28. The van der Waals surface area contributed by atoms with Crippen molar-refractivity contribution in [1.82, 2.24) is 5.32 Å². The van der Waals surface area contributed by atoms with Crippen LogP contribution in [0.15, 0.2) is 24.3 Å². The molecule has 0 bridgehead atoms. The molecule has 94 valence electrons. The highest BCUT2D eigenvalue weighted by Gasteiger charge is 2.27. The number of carbonyl (C=O) groups excluding carboxylic acids is 1. The van der Waals surface area contributed by atoms with Crippen LogP contribution in [0.2, 0.25) is 0 Å². The minimum atomic E-state index is -0.922. The van der Waals surface area contributed by atoms with Crippen LogP contribution >= 0.6 is 47.8 Å². The molecule has 17 heavy (non-hydrogen) atoms. The van der Waals surface area contributed by atoms with Crippen LogP contribution in [0, 0.1) is 0 Å². The van der Waals surface area contributed by atoms with E-state index >= 15 is 0 Å². The van der Waals surface area contributed by atoms with Gasteiger partial charge in [-0.3, -0.25) is 4.79 Å². The smallest absolute Gasteiger partial charge is 0.260 e. The van der Waals surface area contributed by atoms with Gasteiger partial charge in [0.2, 0.25) is 2.14 Å². The largest absolute Gasteiger partial charge is 0.497 e. The predicted molar refractivity (Wildman–Crippen MR) is 79.1 cm³/mol. The highest BCUT2D eigenvalue weighted by molar-refractivity contribution is 9.40. The molecule has 0 fully saturated rings. The number of anilines is 1. The van der Waals surface area contributed by atoms with Gasteiger partial charge in [0.15, 0.2) is 0 Å². The molecule has 0 spiro atoms. The van der Waals surface area contributed by atoms with Crippen LogP contribution in [0.3, 0.4) is 0 Å². The predicted octanol–water partition coefficient (Wildman–Crippen LogP) is 3.02. The summed E-state index contributed by atoms with van der Waals surface area (Å²) in [4.78, 5) is 11.4. The van der Waals surface area contributed by atoms with Gasteiger partial charge in [0.25, 0.3) is 5.91 Å². The molecular weight excluding hydrogens is 420 g/mol. The van der Waals surface area contributed by atoms with Crippen LogP contribution in [0.25, 0.3) is 0 Å². The second-order valence-electron chi connectivity index (χ2n) is 3.09. The van der Waals surface area contributed by atoms with E-state index in [0.717, 1.165) is 11.4 Å². The van der Waals surface area contributed by atoms with E-state index in [4.69, 9.17) is 4.74 Å². The monoisotopic (exact) mass is 428 g/mol. The molecule has 4 nitrogen and oxygen atoms in total. The van der Waals surface area contributed by atoms with Crippen molar-refractivity contribution in [1.29, 1.82) is 0 Å². The summed E-state index contributed by atoms with van der Waals surface area (Å²) in [6, 6.07) is 7.42. The van der Waals surface area contributed by atoms with Crippen molar-refractivity contribution >= 4 is 59.4 Å². The van der Waals surface area contributed by atoms with Crippen LogP contribution in [-0.4, -0.2) is 21.8 Å². The van der Waals surface area contributed by atoms with Gasteiger partial charge in [-0.25, -0.2) is 0 Å². The molecule has 0 aliphatic carbocycles. The van der Waals surface area contributed by atoms with Gasteiger partial charge in [-0.15, -0.1) is 0 Å². The highest BCUT2D eigenvalue weighted by Crippen LogP contribution is 2.33. The average molecular weight is 431 g/mol. The number of benzene rings is 1. The van der Waals surface area contributed by atoms with E-state index in [2.05, 4.69) is 58.4 Å². The first-order valence-electron chi connectivity index (χ1n) is 4.66. The molecule has 1 aromatic carbocycles. The zero-order chi connectivity index (χ0) is 12.9. The Morgan fingerprint density at radius 2 is 1.88 bits per heavy atom. The topological polar surface area (TPSA) is 50.4 Å². The third-order valence-electron chi connectivity index (χ3n) is 1.89. The Labute approximate surface area is 125 Å². The number of ether oxygens (including phenoxy) is 1. The summed E-state index contributed by atoms with van der Waals surface area (Å²) in [6.45, 7) is 0.329. The number of nitrogens with one attached hydrogen (secondary N) is 2.